The summed E-state index contributed by atoms with van der Waals surface area (Å²) in [7, 11) is 0. The summed E-state index contributed by atoms with van der Waals surface area (Å²) in [5.74, 6) is -0.165. The fourth-order valence-electron chi connectivity index (χ4n) is 3.83. The van der Waals surface area contributed by atoms with Crippen molar-refractivity contribution >= 4 is 17.9 Å². The lowest BCUT2D eigenvalue weighted by Crippen LogP contribution is -2.52. The second-order valence-electron chi connectivity index (χ2n) is 7.48. The highest BCUT2D eigenvalue weighted by atomic mass is 16.5. The SMILES string of the molecule is CC(C(N)=O)N1CCC2(CC1)CC(=O)N(CC=Cc1ccccc1)CCO2. The van der Waals surface area contributed by atoms with Crippen LogP contribution in [0, 0.1) is 0 Å². The lowest BCUT2D eigenvalue weighted by molar-refractivity contribution is -0.137. The number of amides is 2. The van der Waals surface area contributed by atoms with Crippen molar-refractivity contribution in [2.75, 3.05) is 32.8 Å². The molecule has 6 heteroatoms. The number of hydrogen-bond donors (Lipinski definition) is 1. The Bertz CT molecular complexity index is 681. The molecule has 1 unspecified atom stereocenters. The Morgan fingerprint density at radius 2 is 1.96 bits per heavy atom. The molecule has 2 N–H and O–H groups in total. The molecule has 2 saturated heterocycles. The maximum absolute atomic E-state index is 12.8. The van der Waals surface area contributed by atoms with Gasteiger partial charge in [-0.25, -0.2) is 0 Å². The van der Waals surface area contributed by atoms with Gasteiger partial charge >= 0.3 is 0 Å². The number of piperidine rings is 1. The fourth-order valence-corrected chi connectivity index (χ4v) is 3.83. The first-order valence-electron chi connectivity index (χ1n) is 9.66. The molecule has 0 aromatic heterocycles. The Labute approximate surface area is 161 Å². The van der Waals surface area contributed by atoms with Crippen molar-refractivity contribution in [2.24, 2.45) is 5.73 Å². The van der Waals surface area contributed by atoms with Gasteiger partial charge in [0.25, 0.3) is 0 Å². The van der Waals surface area contributed by atoms with Gasteiger partial charge in [0.05, 0.1) is 24.7 Å². The summed E-state index contributed by atoms with van der Waals surface area (Å²) in [5, 5.41) is 0. The summed E-state index contributed by atoms with van der Waals surface area (Å²) in [6.07, 6.45) is 5.99. The molecule has 2 heterocycles. The molecule has 0 saturated carbocycles. The predicted octanol–water partition coefficient (Wildman–Crippen LogP) is 1.66. The zero-order valence-corrected chi connectivity index (χ0v) is 16.0. The molecular weight excluding hydrogens is 342 g/mol. The van der Waals surface area contributed by atoms with Crippen LogP contribution in [0.3, 0.4) is 0 Å². The lowest BCUT2D eigenvalue weighted by Gasteiger charge is -2.41. The Kier molecular flexibility index (Phi) is 6.29. The van der Waals surface area contributed by atoms with Crippen molar-refractivity contribution < 1.29 is 14.3 Å². The molecule has 0 aliphatic carbocycles. The van der Waals surface area contributed by atoms with Crippen LogP contribution in [0.25, 0.3) is 6.08 Å². The van der Waals surface area contributed by atoms with Gasteiger partial charge in [0.15, 0.2) is 0 Å². The standard InChI is InChI=1S/C21H29N3O3/c1-17(20(22)26)23-12-9-21(10-13-23)16-19(25)24(14-15-27-21)11-5-8-18-6-3-2-4-7-18/h2-8,17H,9-16H2,1H3,(H2,22,26). The number of primary amides is 1. The molecule has 27 heavy (non-hydrogen) atoms. The number of nitrogens with zero attached hydrogens (tertiary/aromatic N) is 2. The number of likely N-dealkylation sites (tertiary alicyclic amines) is 1. The first-order valence-corrected chi connectivity index (χ1v) is 9.66. The third kappa shape index (κ3) is 4.96. The molecule has 1 aromatic carbocycles. The van der Waals surface area contributed by atoms with Crippen molar-refractivity contribution in [3.05, 3.63) is 42.0 Å². The van der Waals surface area contributed by atoms with Crippen LogP contribution in [0.15, 0.2) is 36.4 Å². The second kappa shape index (κ2) is 8.67. The zero-order chi connectivity index (χ0) is 19.3. The minimum Gasteiger partial charge on any atom is -0.373 e. The van der Waals surface area contributed by atoms with Crippen molar-refractivity contribution in [3.63, 3.8) is 0 Å². The maximum Gasteiger partial charge on any atom is 0.234 e. The summed E-state index contributed by atoms with van der Waals surface area (Å²) in [4.78, 5) is 28.1. The van der Waals surface area contributed by atoms with Gasteiger partial charge < -0.3 is 15.4 Å². The van der Waals surface area contributed by atoms with Gasteiger partial charge in [-0.15, -0.1) is 0 Å². The summed E-state index contributed by atoms with van der Waals surface area (Å²) in [6, 6.07) is 9.80. The number of benzene rings is 1. The van der Waals surface area contributed by atoms with E-state index < -0.39 is 5.60 Å². The molecule has 0 radical (unpaired) electrons. The summed E-state index contributed by atoms with van der Waals surface area (Å²) >= 11 is 0. The number of nitrogens with two attached hydrogens (primary N) is 1. The molecule has 1 atom stereocenters. The van der Waals surface area contributed by atoms with E-state index in [1.807, 2.05) is 54.3 Å². The Balaban J connectivity index is 1.55. The molecule has 2 fully saturated rings. The van der Waals surface area contributed by atoms with Gasteiger partial charge in [-0.1, -0.05) is 42.5 Å². The average molecular weight is 371 g/mol. The van der Waals surface area contributed by atoms with Crippen molar-refractivity contribution in [1.82, 2.24) is 9.80 Å². The number of ether oxygens (including phenoxy) is 1. The van der Waals surface area contributed by atoms with E-state index in [9.17, 15) is 9.59 Å². The summed E-state index contributed by atoms with van der Waals surface area (Å²) < 4.78 is 6.16. The minimum absolute atomic E-state index is 0.140. The van der Waals surface area contributed by atoms with Crippen molar-refractivity contribution in [2.45, 2.75) is 37.8 Å². The average Bonchev–Trinajstić information content (AvgIpc) is 2.81. The van der Waals surface area contributed by atoms with Gasteiger partial charge in [-0.3, -0.25) is 14.5 Å². The van der Waals surface area contributed by atoms with Gasteiger partial charge in [0, 0.05) is 26.2 Å². The highest BCUT2D eigenvalue weighted by Crippen LogP contribution is 2.33. The topological polar surface area (TPSA) is 75.9 Å². The van der Waals surface area contributed by atoms with E-state index in [0.717, 1.165) is 31.5 Å². The monoisotopic (exact) mass is 371 g/mol. The molecule has 1 spiro atoms. The third-order valence-corrected chi connectivity index (χ3v) is 5.70. The van der Waals surface area contributed by atoms with Crippen LogP contribution in [-0.2, 0) is 14.3 Å². The number of hydrogen-bond acceptors (Lipinski definition) is 4. The van der Waals surface area contributed by atoms with E-state index in [1.165, 1.54) is 0 Å². The largest absolute Gasteiger partial charge is 0.373 e. The number of carbonyl (C=O) groups excluding carboxylic acids is 2. The van der Waals surface area contributed by atoms with Crippen LogP contribution in [-0.4, -0.2) is 66.0 Å². The lowest BCUT2D eigenvalue weighted by atomic mass is 9.87. The quantitative estimate of drug-likeness (QED) is 0.854. The molecular formula is C21H29N3O3. The van der Waals surface area contributed by atoms with Crippen LogP contribution >= 0.6 is 0 Å². The first-order chi connectivity index (χ1) is 13.0. The van der Waals surface area contributed by atoms with Crippen LogP contribution in [0.1, 0.15) is 31.7 Å². The zero-order valence-electron chi connectivity index (χ0n) is 16.0. The molecule has 2 aliphatic rings. The van der Waals surface area contributed by atoms with Crippen LogP contribution in [0.2, 0.25) is 0 Å². The smallest absolute Gasteiger partial charge is 0.234 e. The van der Waals surface area contributed by atoms with Gasteiger partial charge in [0.1, 0.15) is 0 Å². The minimum atomic E-state index is -0.400. The molecule has 6 nitrogen and oxygen atoms in total. The fraction of sp³-hybridized carbons (Fsp3) is 0.524. The molecule has 1 aromatic rings. The van der Waals surface area contributed by atoms with Gasteiger partial charge in [-0.2, -0.15) is 0 Å². The normalized spacial score (nSPS) is 22.1. The predicted molar refractivity (Wildman–Crippen MR) is 105 cm³/mol. The number of rotatable bonds is 5. The van der Waals surface area contributed by atoms with Crippen LogP contribution < -0.4 is 5.73 Å². The summed E-state index contributed by atoms with van der Waals surface area (Å²) in [6.45, 7) is 5.05. The highest BCUT2D eigenvalue weighted by Gasteiger charge is 2.41. The molecule has 3 rings (SSSR count). The molecule has 146 valence electrons. The van der Waals surface area contributed by atoms with Gasteiger partial charge in [0.2, 0.25) is 11.8 Å². The van der Waals surface area contributed by atoms with E-state index in [1.54, 1.807) is 0 Å². The van der Waals surface area contributed by atoms with Crippen molar-refractivity contribution in [3.8, 4) is 0 Å². The Morgan fingerprint density at radius 1 is 1.26 bits per heavy atom. The Morgan fingerprint density at radius 3 is 2.63 bits per heavy atom. The molecule has 0 bridgehead atoms. The van der Waals surface area contributed by atoms with E-state index in [-0.39, 0.29) is 17.9 Å². The maximum atomic E-state index is 12.8. The van der Waals surface area contributed by atoms with E-state index in [2.05, 4.69) is 4.90 Å². The third-order valence-electron chi connectivity index (χ3n) is 5.70. The molecule has 2 amide bonds. The molecule has 2 aliphatic heterocycles. The number of carbonyl (C=O) groups is 2. The van der Waals surface area contributed by atoms with Crippen LogP contribution in [0.5, 0.6) is 0 Å². The Hall–Kier alpha value is -2.18. The van der Waals surface area contributed by atoms with Crippen LogP contribution in [0.4, 0.5) is 0 Å². The van der Waals surface area contributed by atoms with E-state index in [4.69, 9.17) is 10.5 Å². The second-order valence-corrected chi connectivity index (χ2v) is 7.48. The van der Waals surface area contributed by atoms with E-state index in [0.29, 0.717) is 26.1 Å². The van der Waals surface area contributed by atoms with E-state index >= 15 is 0 Å². The van der Waals surface area contributed by atoms with Crippen molar-refractivity contribution in [1.29, 1.82) is 0 Å². The first kappa shape index (κ1) is 19.6. The van der Waals surface area contributed by atoms with Gasteiger partial charge in [-0.05, 0) is 25.3 Å². The summed E-state index contributed by atoms with van der Waals surface area (Å²) in [5.41, 5.74) is 6.14. The highest BCUT2D eigenvalue weighted by molar-refractivity contribution is 5.79.